The summed E-state index contributed by atoms with van der Waals surface area (Å²) >= 11 is 1.92. The molecule has 0 saturated carbocycles. The van der Waals surface area contributed by atoms with E-state index in [4.69, 9.17) is 4.74 Å². The van der Waals surface area contributed by atoms with E-state index in [2.05, 4.69) is 11.8 Å². The van der Waals surface area contributed by atoms with Crippen LogP contribution in [-0.2, 0) is 4.74 Å². The van der Waals surface area contributed by atoms with Crippen LogP contribution in [0.2, 0.25) is 0 Å². The molecule has 2 heteroatoms. The van der Waals surface area contributed by atoms with Gasteiger partial charge in [0.2, 0.25) is 0 Å². The van der Waals surface area contributed by atoms with E-state index in [-0.39, 0.29) is 0 Å². The molecule has 0 radical (unpaired) electrons. The summed E-state index contributed by atoms with van der Waals surface area (Å²) in [5, 5.41) is 0.654. The lowest BCUT2D eigenvalue weighted by Crippen LogP contribution is -1.90. The first kappa shape index (κ1) is 7.97. The highest BCUT2D eigenvalue weighted by atomic mass is 32.2. The maximum Gasteiger partial charge on any atom is 0.0748 e. The molecule has 1 aliphatic heterocycles. The average Bonchev–Trinajstić information content (AvgIpc) is 2.71. The molecule has 0 spiro atoms. The Bertz CT molecular complexity index is 141. The van der Waals surface area contributed by atoms with E-state index in [0.29, 0.717) is 5.25 Å². The van der Waals surface area contributed by atoms with Crippen molar-refractivity contribution in [2.75, 3.05) is 19.0 Å². The van der Waals surface area contributed by atoms with E-state index in [1.54, 1.807) is 0 Å². The van der Waals surface area contributed by atoms with Crippen LogP contribution >= 0.6 is 11.8 Å². The Morgan fingerprint density at radius 2 is 2.50 bits per heavy atom. The average molecular weight is 156 g/mol. The molecule has 1 unspecified atom stereocenters. The van der Waals surface area contributed by atoms with Gasteiger partial charge in [0.05, 0.1) is 11.9 Å². The molecule has 1 heterocycles. The second kappa shape index (κ2) is 4.65. The van der Waals surface area contributed by atoms with E-state index in [1.807, 2.05) is 18.7 Å². The van der Waals surface area contributed by atoms with Crippen LogP contribution < -0.4 is 0 Å². The Kier molecular flexibility index (Phi) is 3.71. The van der Waals surface area contributed by atoms with E-state index in [1.165, 1.54) is 5.75 Å². The molecule has 0 bridgehead atoms. The van der Waals surface area contributed by atoms with Gasteiger partial charge in [-0.1, -0.05) is 11.8 Å². The minimum Gasteiger partial charge on any atom is -0.381 e. The monoisotopic (exact) mass is 156 g/mol. The molecule has 1 saturated heterocycles. The molecule has 0 aliphatic carbocycles. The normalized spacial score (nSPS) is 21.5. The van der Waals surface area contributed by atoms with Crippen LogP contribution in [0.4, 0.5) is 0 Å². The van der Waals surface area contributed by atoms with Crippen molar-refractivity contribution in [3.05, 3.63) is 0 Å². The Balaban J connectivity index is 1.89. The van der Waals surface area contributed by atoms with Gasteiger partial charge < -0.3 is 4.74 Å². The van der Waals surface area contributed by atoms with Gasteiger partial charge in [-0.15, -0.1) is 11.8 Å². The van der Waals surface area contributed by atoms with Crippen molar-refractivity contribution < 1.29 is 4.74 Å². The summed E-state index contributed by atoms with van der Waals surface area (Å²) in [6.07, 6.45) is 0.894. The van der Waals surface area contributed by atoms with E-state index >= 15 is 0 Å². The topological polar surface area (TPSA) is 9.23 Å². The van der Waals surface area contributed by atoms with Gasteiger partial charge in [0.25, 0.3) is 0 Å². The van der Waals surface area contributed by atoms with Crippen LogP contribution in [0.1, 0.15) is 13.3 Å². The van der Waals surface area contributed by atoms with Gasteiger partial charge in [-0.05, 0) is 6.92 Å². The fourth-order valence-electron chi connectivity index (χ4n) is 0.585. The molecule has 1 nitrogen and oxygen atoms in total. The fourth-order valence-corrected chi connectivity index (χ4v) is 0.931. The molecule has 0 N–H and O–H groups in total. The lowest BCUT2D eigenvalue weighted by Gasteiger charge is -1.92. The standard InChI is InChI=1S/C8H12OS/c1-2-9-6-4-3-5-8-7-10-8/h8H,2,4,6-7H2,1H3. The summed E-state index contributed by atoms with van der Waals surface area (Å²) in [7, 11) is 0. The van der Waals surface area contributed by atoms with Crippen molar-refractivity contribution in [2.45, 2.75) is 18.6 Å². The molecule has 1 fully saturated rings. The van der Waals surface area contributed by atoms with E-state index in [9.17, 15) is 0 Å². The molecule has 56 valence electrons. The summed E-state index contributed by atoms with van der Waals surface area (Å²) in [6.45, 7) is 3.60. The zero-order valence-electron chi connectivity index (χ0n) is 6.22. The second-order valence-electron chi connectivity index (χ2n) is 2.09. The summed E-state index contributed by atoms with van der Waals surface area (Å²) in [5.41, 5.74) is 0. The molecule has 0 aromatic rings. The Hall–Kier alpha value is -0.130. The van der Waals surface area contributed by atoms with Crippen LogP contribution in [0, 0.1) is 11.8 Å². The molecule has 1 rings (SSSR count). The highest BCUT2D eigenvalue weighted by molar-refractivity contribution is 8.07. The minimum atomic E-state index is 0.654. The number of ether oxygens (including phenoxy) is 1. The highest BCUT2D eigenvalue weighted by Gasteiger charge is 2.18. The third-order valence-electron chi connectivity index (χ3n) is 1.17. The number of thioether (sulfide) groups is 1. The molecule has 1 atom stereocenters. The third kappa shape index (κ3) is 3.81. The summed E-state index contributed by atoms with van der Waals surface area (Å²) < 4.78 is 5.13. The van der Waals surface area contributed by atoms with Crippen molar-refractivity contribution >= 4 is 11.8 Å². The van der Waals surface area contributed by atoms with Gasteiger partial charge in [-0.25, -0.2) is 0 Å². The first-order valence-corrected chi connectivity index (χ1v) is 4.66. The first-order valence-electron chi connectivity index (χ1n) is 3.61. The zero-order valence-corrected chi connectivity index (χ0v) is 7.04. The Morgan fingerprint density at radius 3 is 3.10 bits per heavy atom. The largest absolute Gasteiger partial charge is 0.381 e. The van der Waals surface area contributed by atoms with Gasteiger partial charge in [0.15, 0.2) is 0 Å². The number of hydrogen-bond acceptors (Lipinski definition) is 2. The predicted molar refractivity (Wildman–Crippen MR) is 45.1 cm³/mol. The van der Waals surface area contributed by atoms with Crippen molar-refractivity contribution in [3.8, 4) is 11.8 Å². The van der Waals surface area contributed by atoms with Crippen molar-refractivity contribution in [1.82, 2.24) is 0 Å². The summed E-state index contributed by atoms with van der Waals surface area (Å²) in [4.78, 5) is 0. The Morgan fingerprint density at radius 1 is 1.70 bits per heavy atom. The lowest BCUT2D eigenvalue weighted by molar-refractivity contribution is 0.154. The van der Waals surface area contributed by atoms with Gasteiger partial charge in [0.1, 0.15) is 0 Å². The van der Waals surface area contributed by atoms with Gasteiger partial charge in [-0.3, -0.25) is 0 Å². The quantitative estimate of drug-likeness (QED) is 0.348. The highest BCUT2D eigenvalue weighted by Crippen LogP contribution is 2.28. The second-order valence-corrected chi connectivity index (χ2v) is 3.33. The maximum atomic E-state index is 5.13. The van der Waals surface area contributed by atoms with Crippen LogP contribution in [0.5, 0.6) is 0 Å². The molecule has 0 aromatic carbocycles. The van der Waals surface area contributed by atoms with E-state index in [0.717, 1.165) is 19.6 Å². The first-order chi connectivity index (χ1) is 4.93. The van der Waals surface area contributed by atoms with Crippen LogP contribution in [0.3, 0.4) is 0 Å². The van der Waals surface area contributed by atoms with Crippen molar-refractivity contribution in [3.63, 3.8) is 0 Å². The van der Waals surface area contributed by atoms with Crippen LogP contribution in [0.15, 0.2) is 0 Å². The van der Waals surface area contributed by atoms with Crippen molar-refractivity contribution in [1.29, 1.82) is 0 Å². The summed E-state index contributed by atoms with van der Waals surface area (Å²) in [6, 6.07) is 0. The predicted octanol–water partition coefficient (Wildman–Crippen LogP) is 1.53. The lowest BCUT2D eigenvalue weighted by atomic mass is 10.4. The van der Waals surface area contributed by atoms with Crippen molar-refractivity contribution in [2.24, 2.45) is 0 Å². The molecular weight excluding hydrogens is 144 g/mol. The van der Waals surface area contributed by atoms with Crippen LogP contribution in [-0.4, -0.2) is 24.2 Å². The van der Waals surface area contributed by atoms with Gasteiger partial charge >= 0.3 is 0 Å². The smallest absolute Gasteiger partial charge is 0.0748 e. The molecular formula is C8H12OS. The Labute approximate surface area is 66.5 Å². The zero-order chi connectivity index (χ0) is 7.23. The van der Waals surface area contributed by atoms with Gasteiger partial charge in [0, 0.05) is 18.8 Å². The minimum absolute atomic E-state index is 0.654. The molecule has 10 heavy (non-hydrogen) atoms. The van der Waals surface area contributed by atoms with Crippen LogP contribution in [0.25, 0.3) is 0 Å². The molecule has 1 aliphatic rings. The summed E-state index contributed by atoms with van der Waals surface area (Å²) in [5.74, 6) is 7.47. The SMILES string of the molecule is CCOCCC#CC1CS1. The van der Waals surface area contributed by atoms with E-state index < -0.39 is 0 Å². The number of hydrogen-bond donors (Lipinski definition) is 0. The maximum absolute atomic E-state index is 5.13. The fraction of sp³-hybridized carbons (Fsp3) is 0.750. The number of rotatable bonds is 3. The third-order valence-corrected chi connectivity index (χ3v) is 1.96. The van der Waals surface area contributed by atoms with Gasteiger partial charge in [-0.2, -0.15) is 0 Å². The molecule has 0 amide bonds. The molecule has 0 aromatic heterocycles.